The summed E-state index contributed by atoms with van der Waals surface area (Å²) >= 11 is 6.79. The van der Waals surface area contributed by atoms with E-state index in [9.17, 15) is 42.0 Å². The number of likely N-dealkylation sites (N-methyl/N-ethyl adjacent to an activating group) is 1. The Kier molecular flexibility index (Phi) is 17.7. The van der Waals surface area contributed by atoms with Crippen molar-refractivity contribution in [1.29, 1.82) is 0 Å². The number of halogens is 1. The van der Waals surface area contributed by atoms with Crippen LogP contribution in [0.2, 0.25) is 5.02 Å². The maximum absolute atomic E-state index is 14.3. The molecule has 3 heterocycles. The zero-order chi connectivity index (χ0) is 48.1. The van der Waals surface area contributed by atoms with E-state index in [-0.39, 0.29) is 42.4 Å². The van der Waals surface area contributed by atoms with Gasteiger partial charge in [-0.1, -0.05) is 63.9 Å². The molecule has 2 saturated heterocycles. The van der Waals surface area contributed by atoms with E-state index in [0.717, 1.165) is 11.1 Å². The number of esters is 1. The van der Waals surface area contributed by atoms with Gasteiger partial charge in [-0.15, -0.1) is 0 Å². The van der Waals surface area contributed by atoms with Crippen molar-refractivity contribution in [1.82, 2.24) is 10.2 Å². The lowest BCUT2D eigenvalue weighted by atomic mass is 9.83. The van der Waals surface area contributed by atoms with E-state index in [2.05, 4.69) is 5.32 Å². The normalized spacial score (nSPS) is 27.5. The number of hydrogen-bond acceptors (Lipinski definition) is 15. The molecule has 22 heteroatoms. The van der Waals surface area contributed by atoms with E-state index in [1.807, 2.05) is 26.8 Å². The van der Waals surface area contributed by atoms with Crippen LogP contribution in [0.3, 0.4) is 0 Å². The summed E-state index contributed by atoms with van der Waals surface area (Å²) < 4.78 is 61.1. The van der Waals surface area contributed by atoms with Crippen molar-refractivity contribution < 1.29 is 65.7 Å². The Morgan fingerprint density at radius 2 is 1.89 bits per heavy atom. The van der Waals surface area contributed by atoms with Gasteiger partial charge in [-0.25, -0.2) is 9.59 Å². The Hall–Kier alpha value is -3.57. The Morgan fingerprint density at radius 1 is 1.22 bits per heavy atom. The van der Waals surface area contributed by atoms with Crippen molar-refractivity contribution >= 4 is 78.8 Å². The molecule has 5 N–H and O–H groups in total. The number of ether oxygens (including phenoxy) is 5. The molecule has 4 bridgehead atoms. The van der Waals surface area contributed by atoms with Crippen LogP contribution in [0, 0.1) is 5.92 Å². The smallest absolute Gasteiger partial charge is 0.409 e. The van der Waals surface area contributed by atoms with Gasteiger partial charge >= 0.3 is 12.1 Å². The fraction of sp³-hybridized carbons (Fsp3) is 0.643. The first-order valence-electron chi connectivity index (χ1n) is 20.6. The third-order valence-electron chi connectivity index (χ3n) is 11.9. The van der Waals surface area contributed by atoms with Crippen molar-refractivity contribution in [2.45, 2.75) is 132 Å². The van der Waals surface area contributed by atoms with Gasteiger partial charge < -0.3 is 44.3 Å². The van der Waals surface area contributed by atoms with Crippen LogP contribution in [-0.2, 0) is 54.7 Å². The van der Waals surface area contributed by atoms with Gasteiger partial charge in [0.25, 0.3) is 10.1 Å². The predicted molar refractivity (Wildman–Crippen MR) is 243 cm³/mol. The van der Waals surface area contributed by atoms with Gasteiger partial charge in [0.2, 0.25) is 17.7 Å². The van der Waals surface area contributed by atoms with E-state index in [1.54, 1.807) is 45.2 Å². The number of primary amides is 1. The standard InChI is InChI=1S/C42H61ClN4O14S3/c1-23-12-11-13-31(58-10)42(53)22-29(59-39(52)45-42)24(2)36-41(6,61-36)32(21-34(49)47(8)27-19-26(18-23)20-28(57-9)35(27)43)60-38(51)25(3)46(7)33(48)14-16-40(4,5)63-62-17-15-30(37(44)50)64(54,55)56/h11-13,19-20,24-25,29-32,36,53H,14-18,21-22H2,1-10H3,(H2,44,50)(H,45,52)(H,54,55,56)/t24-,25+,29+,30?,31-,32+,36+,41+,42+/m1/s1. The average Bonchev–Trinajstić information content (AvgIpc) is 3.91. The second-order valence-corrected chi connectivity index (χ2v) is 22.4. The maximum atomic E-state index is 14.3. The molecule has 358 valence electrons. The lowest BCUT2D eigenvalue weighted by Crippen LogP contribution is -2.63. The molecule has 64 heavy (non-hydrogen) atoms. The summed E-state index contributed by atoms with van der Waals surface area (Å²) in [5.41, 5.74) is 3.96. The van der Waals surface area contributed by atoms with Gasteiger partial charge in [0.15, 0.2) is 11.0 Å². The number of epoxide rings is 1. The number of nitrogens with one attached hydrogen (secondary N) is 1. The number of fused-ring (bicyclic) bond motifs is 5. The maximum Gasteiger partial charge on any atom is 0.409 e. The Bertz CT molecular complexity index is 2110. The molecule has 2 fully saturated rings. The molecule has 0 saturated carbocycles. The largest absolute Gasteiger partial charge is 0.495 e. The predicted octanol–water partition coefficient (Wildman–Crippen LogP) is 4.59. The first-order chi connectivity index (χ1) is 29.7. The lowest BCUT2D eigenvalue weighted by Gasteiger charge is -2.42. The fourth-order valence-electron chi connectivity index (χ4n) is 7.64. The van der Waals surface area contributed by atoms with Crippen molar-refractivity contribution in [2.75, 3.05) is 39.0 Å². The number of nitrogens with two attached hydrogens (primary N) is 1. The highest BCUT2D eigenvalue weighted by Gasteiger charge is 2.64. The van der Waals surface area contributed by atoms with Crippen LogP contribution in [-0.4, -0.2) is 139 Å². The Morgan fingerprint density at radius 3 is 2.50 bits per heavy atom. The zero-order valence-corrected chi connectivity index (χ0v) is 41.0. The molecule has 0 radical (unpaired) electrons. The monoisotopic (exact) mass is 976 g/mol. The van der Waals surface area contributed by atoms with Crippen LogP contribution >= 0.6 is 33.2 Å². The summed E-state index contributed by atoms with van der Waals surface area (Å²) in [6.07, 6.45) is 0.596. The Labute approximate surface area is 387 Å². The van der Waals surface area contributed by atoms with E-state index < -0.39 is 91.7 Å². The van der Waals surface area contributed by atoms with Crippen molar-refractivity contribution in [2.24, 2.45) is 11.7 Å². The van der Waals surface area contributed by atoms with Gasteiger partial charge in [0, 0.05) is 50.5 Å². The van der Waals surface area contributed by atoms with Gasteiger partial charge in [-0.2, -0.15) is 8.42 Å². The number of carbonyl (C=O) groups excluding carboxylic acids is 5. The second kappa shape index (κ2) is 21.4. The van der Waals surface area contributed by atoms with Gasteiger partial charge in [0.05, 0.1) is 25.3 Å². The number of benzene rings is 1. The van der Waals surface area contributed by atoms with Crippen molar-refractivity contribution in [3.05, 3.63) is 46.5 Å². The molecule has 1 unspecified atom stereocenters. The van der Waals surface area contributed by atoms with E-state index in [4.69, 9.17) is 41.0 Å². The quantitative estimate of drug-likeness (QED) is 0.0617. The van der Waals surface area contributed by atoms with Crippen LogP contribution in [0.1, 0.15) is 79.2 Å². The number of anilines is 1. The van der Waals surface area contributed by atoms with Gasteiger partial charge in [-0.05, 0) is 71.6 Å². The minimum atomic E-state index is -4.64. The first kappa shape index (κ1) is 53.0. The molecule has 0 aromatic heterocycles. The van der Waals surface area contributed by atoms with Gasteiger partial charge in [-0.3, -0.25) is 24.3 Å². The van der Waals surface area contributed by atoms with Crippen LogP contribution in [0.5, 0.6) is 5.75 Å². The molecular formula is C42H61ClN4O14S3. The molecule has 18 nitrogen and oxygen atoms in total. The average molecular weight is 978 g/mol. The summed E-state index contributed by atoms with van der Waals surface area (Å²) in [6.45, 7) is 10.6. The molecule has 9 atom stereocenters. The minimum Gasteiger partial charge on any atom is -0.495 e. The lowest BCUT2D eigenvalue weighted by molar-refractivity contribution is -0.162. The number of nitrogens with zero attached hydrogens (tertiary/aromatic N) is 2. The van der Waals surface area contributed by atoms with Gasteiger partial charge in [0.1, 0.15) is 40.7 Å². The highest BCUT2D eigenvalue weighted by molar-refractivity contribution is 8.77. The van der Waals surface area contributed by atoms with Crippen LogP contribution in [0.15, 0.2) is 35.9 Å². The number of methoxy groups -OCH3 is 2. The highest BCUT2D eigenvalue weighted by Crippen LogP contribution is 2.49. The summed E-state index contributed by atoms with van der Waals surface area (Å²) in [7, 11) is 3.86. The Balaban J connectivity index is 1.58. The number of carbonyl (C=O) groups is 5. The molecule has 0 spiro atoms. The SMILES string of the molecule is COc1cc2cc(c1Cl)N(C)C(=O)C[C@H](OC(=O)[C@H](C)N(C)C(=O)CCC(C)(C)SSCCC(C(N)=O)S(=O)(=O)O)[C@]1(C)O[C@H]1[C@H](C)[C@@H]1C[C@@](O)(NC(=O)O1)[C@H](OC)C=CC=C(C)C2. The molecule has 1 aromatic carbocycles. The molecule has 1 aromatic rings. The minimum absolute atomic E-state index is 0.0242. The van der Waals surface area contributed by atoms with E-state index >= 15 is 0 Å². The molecule has 3 aliphatic rings. The first-order valence-corrected chi connectivity index (χ1v) is 24.8. The number of allylic oxidation sites excluding steroid dienone is 3. The molecule has 0 aliphatic carbocycles. The van der Waals surface area contributed by atoms with Crippen molar-refractivity contribution in [3.8, 4) is 5.75 Å². The summed E-state index contributed by atoms with van der Waals surface area (Å²) in [5, 5.41) is 12.8. The molecule has 4 amide bonds. The number of alkyl carbamates (subject to hydrolysis) is 1. The molecule has 3 aliphatic heterocycles. The van der Waals surface area contributed by atoms with Crippen LogP contribution < -0.4 is 20.7 Å². The number of hydrogen-bond donors (Lipinski definition) is 4. The number of rotatable bonds is 15. The summed E-state index contributed by atoms with van der Waals surface area (Å²) in [5.74, 6) is -2.90. The number of amides is 4. The van der Waals surface area contributed by atoms with Crippen LogP contribution in [0.4, 0.5) is 10.5 Å². The second-order valence-electron chi connectivity index (χ2n) is 17.3. The molecule has 4 rings (SSSR count). The van der Waals surface area contributed by atoms with Crippen molar-refractivity contribution in [3.63, 3.8) is 0 Å². The van der Waals surface area contributed by atoms with E-state index in [1.165, 1.54) is 59.6 Å². The molecular weight excluding hydrogens is 916 g/mol. The highest BCUT2D eigenvalue weighted by atomic mass is 35.5. The number of aliphatic hydroxyl groups is 1. The van der Waals surface area contributed by atoms with Crippen LogP contribution in [0.25, 0.3) is 0 Å². The third kappa shape index (κ3) is 13.1. The zero-order valence-electron chi connectivity index (χ0n) is 37.7. The fourth-order valence-corrected chi connectivity index (χ4v) is 11.5. The van der Waals surface area contributed by atoms with E-state index in [0.29, 0.717) is 24.3 Å². The third-order valence-corrected chi connectivity index (χ3v) is 16.8. The summed E-state index contributed by atoms with van der Waals surface area (Å²) in [4.78, 5) is 68.8. The topological polar surface area (TPSA) is 254 Å². The summed E-state index contributed by atoms with van der Waals surface area (Å²) in [6, 6.07) is 2.41.